The van der Waals surface area contributed by atoms with Crippen molar-refractivity contribution >= 4 is 11.9 Å². The van der Waals surface area contributed by atoms with Crippen molar-refractivity contribution in [3.05, 3.63) is 0 Å². The number of carboxylic acid groups (broad SMARTS) is 1. The largest absolute Gasteiger partial charge is 0.480 e. The first-order valence-electron chi connectivity index (χ1n) is 4.48. The molecule has 0 rings (SSSR count). The fourth-order valence-electron chi connectivity index (χ4n) is 0.733. The lowest BCUT2D eigenvalue weighted by atomic mass is 10.0. The summed E-state index contributed by atoms with van der Waals surface area (Å²) in [5.74, 6) is -1.37. The van der Waals surface area contributed by atoms with Gasteiger partial charge in [-0.25, -0.2) is 4.79 Å². The first-order valence-corrected chi connectivity index (χ1v) is 4.48. The van der Waals surface area contributed by atoms with Crippen LogP contribution >= 0.6 is 0 Å². The van der Waals surface area contributed by atoms with Gasteiger partial charge < -0.3 is 15.2 Å². The van der Waals surface area contributed by atoms with Gasteiger partial charge >= 0.3 is 5.97 Å². The van der Waals surface area contributed by atoms with E-state index in [1.807, 2.05) is 20.8 Å². The standard InChI is InChI=1S/C9H17NO4/c1-4-9(2,3)10-7(11)5-14-6-8(12)13/h4-6H2,1-3H3,(H,10,11)(H,12,13). The molecule has 0 aliphatic heterocycles. The van der Waals surface area contributed by atoms with E-state index in [9.17, 15) is 9.59 Å². The van der Waals surface area contributed by atoms with Gasteiger partial charge in [0.1, 0.15) is 13.2 Å². The minimum atomic E-state index is -1.08. The summed E-state index contributed by atoms with van der Waals surface area (Å²) >= 11 is 0. The third kappa shape index (κ3) is 6.42. The number of hydrogen-bond acceptors (Lipinski definition) is 3. The maximum Gasteiger partial charge on any atom is 0.329 e. The minimum Gasteiger partial charge on any atom is -0.480 e. The van der Waals surface area contributed by atoms with Gasteiger partial charge in [0.05, 0.1) is 0 Å². The molecule has 0 aliphatic carbocycles. The molecule has 0 aromatic carbocycles. The molecule has 0 fully saturated rings. The van der Waals surface area contributed by atoms with Crippen LogP contribution in [0.5, 0.6) is 0 Å². The van der Waals surface area contributed by atoms with Crippen molar-refractivity contribution < 1.29 is 19.4 Å². The Morgan fingerprint density at radius 3 is 2.36 bits per heavy atom. The van der Waals surface area contributed by atoms with Gasteiger partial charge in [0.2, 0.25) is 5.91 Å². The van der Waals surface area contributed by atoms with Crippen molar-refractivity contribution in [3.63, 3.8) is 0 Å². The molecular formula is C9H17NO4. The lowest BCUT2D eigenvalue weighted by Crippen LogP contribution is -2.44. The molecule has 0 atom stereocenters. The second kappa shape index (κ2) is 5.59. The predicted molar refractivity (Wildman–Crippen MR) is 51.0 cm³/mol. The molecule has 14 heavy (non-hydrogen) atoms. The smallest absolute Gasteiger partial charge is 0.329 e. The molecule has 0 aromatic heterocycles. The molecule has 5 heteroatoms. The van der Waals surface area contributed by atoms with Crippen LogP contribution < -0.4 is 5.32 Å². The second-order valence-electron chi connectivity index (χ2n) is 3.67. The molecule has 5 nitrogen and oxygen atoms in total. The molecule has 0 aromatic rings. The highest BCUT2D eigenvalue weighted by molar-refractivity contribution is 5.78. The molecule has 0 spiro atoms. The van der Waals surface area contributed by atoms with E-state index in [4.69, 9.17) is 5.11 Å². The molecule has 0 unspecified atom stereocenters. The highest BCUT2D eigenvalue weighted by Crippen LogP contribution is 2.05. The Balaban J connectivity index is 3.71. The topological polar surface area (TPSA) is 75.6 Å². The summed E-state index contributed by atoms with van der Waals surface area (Å²) in [4.78, 5) is 21.2. The summed E-state index contributed by atoms with van der Waals surface area (Å²) in [6.45, 7) is 5.08. The van der Waals surface area contributed by atoms with E-state index < -0.39 is 12.6 Å². The maximum atomic E-state index is 11.2. The van der Waals surface area contributed by atoms with Crippen LogP contribution in [0, 0.1) is 0 Å². The lowest BCUT2D eigenvalue weighted by Gasteiger charge is -2.24. The summed E-state index contributed by atoms with van der Waals surface area (Å²) in [5, 5.41) is 11.0. The van der Waals surface area contributed by atoms with Crippen LogP contribution in [0.3, 0.4) is 0 Å². The number of carboxylic acids is 1. The van der Waals surface area contributed by atoms with E-state index in [0.29, 0.717) is 0 Å². The predicted octanol–water partition coefficient (Wildman–Crippen LogP) is 0.392. The summed E-state index contributed by atoms with van der Waals surface area (Å²) in [6.07, 6.45) is 0.803. The van der Waals surface area contributed by atoms with Crippen LogP contribution in [0.2, 0.25) is 0 Å². The molecule has 0 saturated heterocycles. The zero-order valence-electron chi connectivity index (χ0n) is 8.79. The average Bonchev–Trinajstić information content (AvgIpc) is 2.02. The Bertz CT molecular complexity index is 213. The van der Waals surface area contributed by atoms with Gasteiger partial charge in [-0.1, -0.05) is 6.92 Å². The summed E-state index contributed by atoms with van der Waals surface area (Å²) < 4.78 is 4.64. The minimum absolute atomic E-state index is 0.213. The molecule has 1 amide bonds. The van der Waals surface area contributed by atoms with Crippen LogP contribution in [0.15, 0.2) is 0 Å². The second-order valence-corrected chi connectivity index (χ2v) is 3.67. The van der Waals surface area contributed by atoms with Crippen LogP contribution in [-0.2, 0) is 14.3 Å². The van der Waals surface area contributed by atoms with Crippen molar-refractivity contribution in [2.24, 2.45) is 0 Å². The Morgan fingerprint density at radius 2 is 1.93 bits per heavy atom. The van der Waals surface area contributed by atoms with Gasteiger partial charge in [-0.3, -0.25) is 4.79 Å². The van der Waals surface area contributed by atoms with Gasteiger partial charge in [0, 0.05) is 5.54 Å². The van der Waals surface area contributed by atoms with E-state index in [-0.39, 0.29) is 18.1 Å². The third-order valence-electron chi connectivity index (χ3n) is 1.82. The number of ether oxygens (including phenoxy) is 1. The first-order chi connectivity index (χ1) is 6.37. The van der Waals surface area contributed by atoms with Gasteiger partial charge in [-0.15, -0.1) is 0 Å². The summed E-state index contributed by atoms with van der Waals surface area (Å²) in [7, 11) is 0. The van der Waals surface area contributed by atoms with E-state index in [0.717, 1.165) is 6.42 Å². The molecule has 2 N–H and O–H groups in total. The Kier molecular flexibility index (Phi) is 5.15. The monoisotopic (exact) mass is 203 g/mol. The zero-order valence-corrected chi connectivity index (χ0v) is 8.79. The first kappa shape index (κ1) is 12.9. The maximum absolute atomic E-state index is 11.2. The molecular weight excluding hydrogens is 186 g/mol. The number of carbonyl (C=O) groups is 2. The van der Waals surface area contributed by atoms with Crippen LogP contribution in [0.25, 0.3) is 0 Å². The van der Waals surface area contributed by atoms with Crippen LogP contribution in [0.4, 0.5) is 0 Å². The van der Waals surface area contributed by atoms with Gasteiger partial charge in [-0.05, 0) is 20.3 Å². The molecule has 82 valence electrons. The number of carbonyl (C=O) groups excluding carboxylic acids is 1. The number of nitrogens with one attached hydrogen (secondary N) is 1. The Hall–Kier alpha value is -1.10. The quantitative estimate of drug-likeness (QED) is 0.655. The van der Waals surface area contributed by atoms with E-state index >= 15 is 0 Å². The molecule has 0 saturated carbocycles. The van der Waals surface area contributed by atoms with Crippen LogP contribution in [-0.4, -0.2) is 35.7 Å². The fraction of sp³-hybridized carbons (Fsp3) is 0.778. The van der Waals surface area contributed by atoms with Crippen molar-refractivity contribution in [2.45, 2.75) is 32.7 Å². The number of hydrogen-bond donors (Lipinski definition) is 2. The van der Waals surface area contributed by atoms with Crippen molar-refractivity contribution in [2.75, 3.05) is 13.2 Å². The SMILES string of the molecule is CCC(C)(C)NC(=O)COCC(=O)O. The van der Waals surface area contributed by atoms with Gasteiger partial charge in [0.15, 0.2) is 0 Å². The van der Waals surface area contributed by atoms with Crippen molar-refractivity contribution in [3.8, 4) is 0 Å². The van der Waals surface area contributed by atoms with E-state index in [1.54, 1.807) is 0 Å². The molecule has 0 heterocycles. The van der Waals surface area contributed by atoms with E-state index in [2.05, 4.69) is 10.1 Å². The van der Waals surface area contributed by atoms with Crippen molar-refractivity contribution in [1.82, 2.24) is 5.32 Å². The summed E-state index contributed by atoms with van der Waals surface area (Å²) in [5.41, 5.74) is -0.274. The highest BCUT2D eigenvalue weighted by Gasteiger charge is 2.17. The van der Waals surface area contributed by atoms with Gasteiger partial charge in [-0.2, -0.15) is 0 Å². The Morgan fingerprint density at radius 1 is 1.36 bits per heavy atom. The molecule has 0 bridgehead atoms. The Labute approximate surface area is 83.4 Å². The number of amides is 1. The number of aliphatic carboxylic acids is 1. The third-order valence-corrected chi connectivity index (χ3v) is 1.82. The van der Waals surface area contributed by atoms with Crippen LogP contribution in [0.1, 0.15) is 27.2 Å². The normalized spacial score (nSPS) is 11.1. The molecule has 0 aliphatic rings. The lowest BCUT2D eigenvalue weighted by molar-refractivity contribution is -0.143. The molecule has 0 radical (unpaired) electrons. The number of rotatable bonds is 6. The fourth-order valence-corrected chi connectivity index (χ4v) is 0.733. The zero-order chi connectivity index (χ0) is 11.2. The van der Waals surface area contributed by atoms with Gasteiger partial charge in [0.25, 0.3) is 0 Å². The highest BCUT2D eigenvalue weighted by atomic mass is 16.5. The summed E-state index contributed by atoms with van der Waals surface area (Å²) in [6, 6.07) is 0. The average molecular weight is 203 g/mol. The van der Waals surface area contributed by atoms with Crippen molar-refractivity contribution in [1.29, 1.82) is 0 Å². The van der Waals surface area contributed by atoms with E-state index in [1.165, 1.54) is 0 Å².